The molecule has 4 heteroatoms. The monoisotopic (exact) mass is 264 g/mol. The van der Waals surface area contributed by atoms with Gasteiger partial charge in [-0.2, -0.15) is 0 Å². The summed E-state index contributed by atoms with van der Waals surface area (Å²) in [6.45, 7) is 3.87. The van der Waals surface area contributed by atoms with Crippen molar-refractivity contribution in [1.82, 2.24) is 4.90 Å². The minimum absolute atomic E-state index is 0.454. The van der Waals surface area contributed by atoms with Crippen molar-refractivity contribution in [2.45, 2.75) is 19.4 Å². The van der Waals surface area contributed by atoms with Gasteiger partial charge in [-0.15, -0.1) is 0 Å². The Bertz CT molecular complexity index is 453. The van der Waals surface area contributed by atoms with E-state index in [0.29, 0.717) is 12.5 Å². The van der Waals surface area contributed by atoms with Crippen LogP contribution in [0.2, 0.25) is 5.02 Å². The zero-order chi connectivity index (χ0) is 12.4. The second-order valence-corrected chi connectivity index (χ2v) is 5.41. The number of fused-ring (bicyclic) bond motifs is 3. The van der Waals surface area contributed by atoms with E-state index < -0.39 is 0 Å². The fourth-order valence-corrected chi connectivity index (χ4v) is 2.88. The third kappa shape index (κ3) is 2.52. The minimum Gasteiger partial charge on any atom is -0.391 e. The third-order valence-corrected chi connectivity index (χ3v) is 4.17. The number of nitrogens with zero attached hydrogens (tertiary/aromatic N) is 2. The van der Waals surface area contributed by atoms with Crippen LogP contribution in [0, 0.1) is 5.92 Å². The molecule has 0 amide bonds. The van der Waals surface area contributed by atoms with Gasteiger partial charge in [0.2, 0.25) is 0 Å². The first kappa shape index (κ1) is 12.0. The number of hydrogen-bond donors (Lipinski definition) is 0. The maximum absolute atomic E-state index is 6.07. The van der Waals surface area contributed by atoms with E-state index in [1.54, 1.807) is 0 Å². The predicted molar refractivity (Wildman–Crippen MR) is 72.8 cm³/mol. The number of hydrogen-bond acceptors (Lipinski definition) is 3. The SMILES string of the molecule is Clc1ccccc1CO/N=C1\CN2CCC1CC2. The molecule has 2 bridgehead atoms. The van der Waals surface area contributed by atoms with Gasteiger partial charge in [-0.1, -0.05) is 35.0 Å². The van der Waals surface area contributed by atoms with Crippen LogP contribution in [0.15, 0.2) is 29.4 Å². The van der Waals surface area contributed by atoms with Crippen LogP contribution < -0.4 is 0 Å². The summed E-state index contributed by atoms with van der Waals surface area (Å²) in [5.74, 6) is 0.640. The molecule has 0 saturated carbocycles. The quantitative estimate of drug-likeness (QED) is 0.784. The highest BCUT2D eigenvalue weighted by atomic mass is 35.5. The van der Waals surface area contributed by atoms with Gasteiger partial charge in [-0.25, -0.2) is 0 Å². The summed E-state index contributed by atoms with van der Waals surface area (Å²) in [6, 6.07) is 7.73. The molecular formula is C14H17ClN2O. The van der Waals surface area contributed by atoms with Crippen LogP contribution in [0.25, 0.3) is 0 Å². The fourth-order valence-electron chi connectivity index (χ4n) is 2.69. The second kappa shape index (κ2) is 5.29. The molecule has 0 radical (unpaired) electrons. The molecule has 3 fully saturated rings. The van der Waals surface area contributed by atoms with Gasteiger partial charge in [0, 0.05) is 23.0 Å². The average Bonchev–Trinajstić information content (AvgIpc) is 2.42. The summed E-state index contributed by atoms with van der Waals surface area (Å²) in [4.78, 5) is 7.91. The van der Waals surface area contributed by atoms with E-state index in [4.69, 9.17) is 16.4 Å². The molecule has 3 saturated heterocycles. The van der Waals surface area contributed by atoms with E-state index >= 15 is 0 Å². The van der Waals surface area contributed by atoms with Crippen LogP contribution in [-0.2, 0) is 11.4 Å². The van der Waals surface area contributed by atoms with Crippen molar-refractivity contribution in [2.75, 3.05) is 19.6 Å². The molecule has 3 aliphatic heterocycles. The molecule has 0 aliphatic carbocycles. The van der Waals surface area contributed by atoms with Gasteiger partial charge in [0.15, 0.2) is 0 Å². The average molecular weight is 265 g/mol. The van der Waals surface area contributed by atoms with Gasteiger partial charge in [0.05, 0.1) is 5.71 Å². The highest BCUT2D eigenvalue weighted by Crippen LogP contribution is 2.25. The molecule has 0 N–H and O–H groups in total. The zero-order valence-corrected chi connectivity index (χ0v) is 11.1. The number of piperidine rings is 3. The van der Waals surface area contributed by atoms with Crippen LogP contribution >= 0.6 is 11.6 Å². The Balaban J connectivity index is 1.60. The Hall–Kier alpha value is -1.06. The lowest BCUT2D eigenvalue weighted by molar-refractivity contribution is 0.118. The van der Waals surface area contributed by atoms with Gasteiger partial charge in [0.1, 0.15) is 6.61 Å². The Kier molecular flexibility index (Phi) is 3.52. The van der Waals surface area contributed by atoms with Gasteiger partial charge in [-0.3, -0.25) is 4.90 Å². The molecule has 3 heterocycles. The Morgan fingerprint density at radius 1 is 1.28 bits per heavy atom. The van der Waals surface area contributed by atoms with Crippen molar-refractivity contribution in [3.05, 3.63) is 34.9 Å². The number of oxime groups is 1. The van der Waals surface area contributed by atoms with E-state index in [9.17, 15) is 0 Å². The molecule has 96 valence electrons. The Morgan fingerprint density at radius 2 is 2.06 bits per heavy atom. The molecule has 0 spiro atoms. The second-order valence-electron chi connectivity index (χ2n) is 5.00. The lowest BCUT2D eigenvalue weighted by atomic mass is 9.87. The first-order chi connectivity index (χ1) is 8.83. The molecule has 1 aromatic rings. The fraction of sp³-hybridized carbons (Fsp3) is 0.500. The number of benzene rings is 1. The van der Waals surface area contributed by atoms with Crippen LogP contribution in [0.1, 0.15) is 18.4 Å². The summed E-state index contributed by atoms with van der Waals surface area (Å²) >= 11 is 6.07. The zero-order valence-electron chi connectivity index (χ0n) is 10.3. The number of halogens is 1. The lowest BCUT2D eigenvalue weighted by Gasteiger charge is -2.39. The van der Waals surface area contributed by atoms with Crippen molar-refractivity contribution in [3.8, 4) is 0 Å². The largest absolute Gasteiger partial charge is 0.391 e. The molecule has 1 aromatic carbocycles. The van der Waals surface area contributed by atoms with E-state index in [1.807, 2.05) is 24.3 Å². The molecule has 4 rings (SSSR count). The van der Waals surface area contributed by atoms with E-state index in [-0.39, 0.29) is 0 Å². The van der Waals surface area contributed by atoms with Crippen LogP contribution in [-0.4, -0.2) is 30.2 Å². The highest BCUT2D eigenvalue weighted by Gasteiger charge is 2.31. The minimum atomic E-state index is 0.454. The van der Waals surface area contributed by atoms with Gasteiger partial charge < -0.3 is 4.84 Å². The molecule has 0 unspecified atom stereocenters. The van der Waals surface area contributed by atoms with Crippen LogP contribution in [0.5, 0.6) is 0 Å². The molecule has 0 aromatic heterocycles. The summed E-state index contributed by atoms with van der Waals surface area (Å²) in [6.07, 6.45) is 2.46. The van der Waals surface area contributed by atoms with Crippen molar-refractivity contribution >= 4 is 17.3 Å². The first-order valence-electron chi connectivity index (χ1n) is 6.47. The lowest BCUT2D eigenvalue weighted by Crippen LogP contribution is -2.47. The summed E-state index contributed by atoms with van der Waals surface area (Å²) in [7, 11) is 0. The molecule has 3 nitrogen and oxygen atoms in total. The van der Waals surface area contributed by atoms with Crippen molar-refractivity contribution in [2.24, 2.45) is 11.1 Å². The molecule has 0 atom stereocenters. The van der Waals surface area contributed by atoms with E-state index in [1.165, 1.54) is 31.6 Å². The van der Waals surface area contributed by atoms with Crippen molar-refractivity contribution < 1.29 is 4.84 Å². The maximum Gasteiger partial charge on any atom is 0.143 e. The Morgan fingerprint density at radius 3 is 2.72 bits per heavy atom. The highest BCUT2D eigenvalue weighted by molar-refractivity contribution is 6.31. The van der Waals surface area contributed by atoms with Crippen molar-refractivity contribution in [3.63, 3.8) is 0 Å². The third-order valence-electron chi connectivity index (χ3n) is 3.80. The normalized spacial score (nSPS) is 28.6. The first-order valence-corrected chi connectivity index (χ1v) is 6.85. The molecule has 3 aliphatic rings. The standard InChI is InChI=1S/C14H17ClN2O/c15-13-4-2-1-3-12(13)10-18-16-14-9-17-7-5-11(14)6-8-17/h1-4,11H,5-10H2/b16-14+. The predicted octanol–water partition coefficient (Wildman–Crippen LogP) is 2.94. The van der Waals surface area contributed by atoms with Gasteiger partial charge in [0.25, 0.3) is 0 Å². The van der Waals surface area contributed by atoms with Crippen LogP contribution in [0.4, 0.5) is 0 Å². The summed E-state index contributed by atoms with van der Waals surface area (Å²) in [5, 5.41) is 5.06. The smallest absolute Gasteiger partial charge is 0.143 e. The summed E-state index contributed by atoms with van der Waals surface area (Å²) < 4.78 is 0. The van der Waals surface area contributed by atoms with Gasteiger partial charge >= 0.3 is 0 Å². The Labute approximate surface area is 112 Å². The molecule has 18 heavy (non-hydrogen) atoms. The number of rotatable bonds is 3. The van der Waals surface area contributed by atoms with E-state index in [2.05, 4.69) is 10.1 Å². The molecular weight excluding hydrogens is 248 g/mol. The summed E-state index contributed by atoms with van der Waals surface area (Å²) in [5.41, 5.74) is 2.20. The van der Waals surface area contributed by atoms with Crippen molar-refractivity contribution in [1.29, 1.82) is 0 Å². The maximum atomic E-state index is 6.07. The van der Waals surface area contributed by atoms with Gasteiger partial charge in [-0.05, 0) is 32.0 Å². The topological polar surface area (TPSA) is 24.8 Å². The van der Waals surface area contributed by atoms with Crippen LogP contribution in [0.3, 0.4) is 0 Å². The van der Waals surface area contributed by atoms with E-state index in [0.717, 1.165) is 17.1 Å².